The first-order valence-electron chi connectivity index (χ1n) is 7.06. The number of carbonyl (C=O) groups is 1. The van der Waals surface area contributed by atoms with Crippen molar-refractivity contribution in [3.05, 3.63) is 53.9 Å². The van der Waals surface area contributed by atoms with Gasteiger partial charge in [-0.25, -0.2) is 0 Å². The summed E-state index contributed by atoms with van der Waals surface area (Å²) in [6.45, 7) is 0.470. The average Bonchev–Trinajstić information content (AvgIpc) is 2.60. The Bertz CT molecular complexity index is 664. The zero-order valence-corrected chi connectivity index (χ0v) is 14.1. The number of alkyl halides is 1. The maximum Gasteiger partial charge on any atom is 0.245 e. The van der Waals surface area contributed by atoms with E-state index in [4.69, 9.17) is 21.1 Å². The summed E-state index contributed by atoms with van der Waals surface area (Å²) in [5.41, 5.74) is 1.66. The number of nitrogens with zero attached hydrogens (tertiary/aromatic N) is 2. The standard InChI is InChI=1S/C17H19ClN2O3/c1-20(11-12-6-8-19-9-7-12)17(21)16(18)13-4-5-14(22-2)15(10-13)23-3/h4-10,16H,11H2,1-3H3. The Labute approximate surface area is 140 Å². The molecule has 0 aliphatic heterocycles. The molecule has 1 atom stereocenters. The molecule has 1 aromatic carbocycles. The molecule has 0 fully saturated rings. The predicted octanol–water partition coefficient (Wildman–Crippen LogP) is 3.04. The van der Waals surface area contributed by atoms with Crippen molar-refractivity contribution in [1.82, 2.24) is 9.88 Å². The highest BCUT2D eigenvalue weighted by Crippen LogP contribution is 2.32. The number of hydrogen-bond acceptors (Lipinski definition) is 4. The molecule has 5 nitrogen and oxygen atoms in total. The summed E-state index contributed by atoms with van der Waals surface area (Å²) in [7, 11) is 4.82. The number of aromatic nitrogens is 1. The van der Waals surface area contributed by atoms with Crippen LogP contribution in [-0.4, -0.2) is 37.1 Å². The van der Waals surface area contributed by atoms with Gasteiger partial charge in [-0.15, -0.1) is 11.6 Å². The SMILES string of the molecule is COc1ccc(C(Cl)C(=O)N(C)Cc2ccncc2)cc1OC. The Morgan fingerprint density at radius 3 is 2.43 bits per heavy atom. The third-order valence-corrected chi connectivity index (χ3v) is 3.90. The van der Waals surface area contributed by atoms with E-state index in [9.17, 15) is 4.79 Å². The third-order valence-electron chi connectivity index (χ3n) is 3.46. The Kier molecular flexibility index (Phi) is 5.82. The predicted molar refractivity (Wildman–Crippen MR) is 88.9 cm³/mol. The number of methoxy groups -OCH3 is 2. The minimum absolute atomic E-state index is 0.185. The van der Waals surface area contributed by atoms with E-state index in [1.807, 2.05) is 12.1 Å². The third kappa shape index (κ3) is 4.13. The summed E-state index contributed by atoms with van der Waals surface area (Å²) in [5, 5.41) is -0.790. The molecule has 23 heavy (non-hydrogen) atoms. The maximum absolute atomic E-state index is 12.5. The highest BCUT2D eigenvalue weighted by molar-refractivity contribution is 6.30. The normalized spacial score (nSPS) is 11.7. The molecule has 6 heteroatoms. The molecule has 0 aliphatic carbocycles. The summed E-state index contributed by atoms with van der Waals surface area (Å²) >= 11 is 6.34. The van der Waals surface area contributed by atoms with E-state index >= 15 is 0 Å². The van der Waals surface area contributed by atoms with Crippen molar-refractivity contribution in [1.29, 1.82) is 0 Å². The average molecular weight is 335 g/mol. The van der Waals surface area contributed by atoms with Gasteiger partial charge in [0.15, 0.2) is 11.5 Å². The van der Waals surface area contributed by atoms with Crippen LogP contribution in [0.25, 0.3) is 0 Å². The van der Waals surface area contributed by atoms with Crippen molar-refractivity contribution in [3.63, 3.8) is 0 Å². The molecule has 0 bridgehead atoms. The van der Waals surface area contributed by atoms with E-state index in [2.05, 4.69) is 4.98 Å². The number of likely N-dealkylation sites (N-methyl/N-ethyl adjacent to an activating group) is 1. The van der Waals surface area contributed by atoms with Crippen LogP contribution in [0.4, 0.5) is 0 Å². The largest absolute Gasteiger partial charge is 0.493 e. The van der Waals surface area contributed by atoms with Crippen LogP contribution in [-0.2, 0) is 11.3 Å². The monoisotopic (exact) mass is 334 g/mol. The van der Waals surface area contributed by atoms with E-state index in [-0.39, 0.29) is 5.91 Å². The molecule has 1 unspecified atom stereocenters. The Morgan fingerprint density at radius 2 is 1.83 bits per heavy atom. The highest BCUT2D eigenvalue weighted by Gasteiger charge is 2.23. The second kappa shape index (κ2) is 7.83. The molecule has 0 spiro atoms. The van der Waals surface area contributed by atoms with Crippen LogP contribution < -0.4 is 9.47 Å². The van der Waals surface area contributed by atoms with Crippen LogP contribution in [0.15, 0.2) is 42.7 Å². The smallest absolute Gasteiger partial charge is 0.245 e. The number of hydrogen-bond donors (Lipinski definition) is 0. The number of benzene rings is 1. The zero-order chi connectivity index (χ0) is 16.8. The second-order valence-electron chi connectivity index (χ2n) is 5.03. The molecule has 0 radical (unpaired) electrons. The van der Waals surface area contributed by atoms with E-state index in [0.717, 1.165) is 5.56 Å². The first-order chi connectivity index (χ1) is 11.1. The van der Waals surface area contributed by atoms with Gasteiger partial charge in [0.25, 0.3) is 0 Å². The zero-order valence-electron chi connectivity index (χ0n) is 13.3. The van der Waals surface area contributed by atoms with Crippen molar-refractivity contribution < 1.29 is 14.3 Å². The van der Waals surface area contributed by atoms with Crippen molar-refractivity contribution in [2.24, 2.45) is 0 Å². The maximum atomic E-state index is 12.5. The van der Waals surface area contributed by atoms with Gasteiger partial charge in [0.1, 0.15) is 5.38 Å². The topological polar surface area (TPSA) is 51.7 Å². The lowest BCUT2D eigenvalue weighted by Crippen LogP contribution is -2.29. The summed E-state index contributed by atoms with van der Waals surface area (Å²) in [6, 6.07) is 8.94. The Morgan fingerprint density at radius 1 is 1.17 bits per heavy atom. The summed E-state index contributed by atoms with van der Waals surface area (Å²) in [6.07, 6.45) is 3.39. The molecule has 1 aromatic heterocycles. The van der Waals surface area contributed by atoms with Crippen LogP contribution in [0.3, 0.4) is 0 Å². The quantitative estimate of drug-likeness (QED) is 0.762. The van der Waals surface area contributed by atoms with Crippen LogP contribution in [0.2, 0.25) is 0 Å². The molecule has 0 N–H and O–H groups in total. The fraction of sp³-hybridized carbons (Fsp3) is 0.294. The Hall–Kier alpha value is -2.27. The van der Waals surface area contributed by atoms with Gasteiger partial charge in [-0.3, -0.25) is 9.78 Å². The minimum Gasteiger partial charge on any atom is -0.493 e. The second-order valence-corrected chi connectivity index (χ2v) is 5.46. The van der Waals surface area contributed by atoms with Crippen molar-refractivity contribution in [2.45, 2.75) is 11.9 Å². The number of rotatable bonds is 6. The van der Waals surface area contributed by atoms with Gasteiger partial charge in [0, 0.05) is 26.0 Å². The van der Waals surface area contributed by atoms with Crippen LogP contribution in [0, 0.1) is 0 Å². The highest BCUT2D eigenvalue weighted by atomic mass is 35.5. The minimum atomic E-state index is -0.790. The summed E-state index contributed by atoms with van der Waals surface area (Å²) in [4.78, 5) is 18.1. The molecule has 1 heterocycles. The van der Waals surface area contributed by atoms with Crippen LogP contribution in [0.5, 0.6) is 11.5 Å². The molecular formula is C17H19ClN2O3. The van der Waals surface area contributed by atoms with Gasteiger partial charge in [0.2, 0.25) is 5.91 Å². The van der Waals surface area contributed by atoms with Gasteiger partial charge in [-0.05, 0) is 35.4 Å². The Balaban J connectivity index is 2.12. The number of amides is 1. The summed E-state index contributed by atoms with van der Waals surface area (Å²) in [5.74, 6) is 0.952. The number of pyridine rings is 1. The fourth-order valence-corrected chi connectivity index (χ4v) is 2.49. The van der Waals surface area contributed by atoms with E-state index in [0.29, 0.717) is 23.6 Å². The molecule has 1 amide bonds. The van der Waals surface area contributed by atoms with E-state index < -0.39 is 5.38 Å². The van der Waals surface area contributed by atoms with Gasteiger partial charge in [-0.2, -0.15) is 0 Å². The van der Waals surface area contributed by atoms with Crippen molar-refractivity contribution >= 4 is 17.5 Å². The van der Waals surface area contributed by atoms with Gasteiger partial charge < -0.3 is 14.4 Å². The van der Waals surface area contributed by atoms with Gasteiger partial charge >= 0.3 is 0 Å². The molecule has 122 valence electrons. The first kappa shape index (κ1) is 17.1. The number of carbonyl (C=O) groups excluding carboxylic acids is 1. The number of halogens is 1. The van der Waals surface area contributed by atoms with Crippen molar-refractivity contribution in [3.8, 4) is 11.5 Å². The lowest BCUT2D eigenvalue weighted by atomic mass is 10.1. The van der Waals surface area contributed by atoms with Crippen LogP contribution in [0.1, 0.15) is 16.5 Å². The van der Waals surface area contributed by atoms with E-state index in [1.165, 1.54) is 0 Å². The summed E-state index contributed by atoms with van der Waals surface area (Å²) < 4.78 is 10.4. The first-order valence-corrected chi connectivity index (χ1v) is 7.50. The molecule has 0 saturated carbocycles. The fourth-order valence-electron chi connectivity index (χ4n) is 2.19. The van der Waals surface area contributed by atoms with Crippen LogP contribution >= 0.6 is 11.6 Å². The number of ether oxygens (including phenoxy) is 2. The van der Waals surface area contributed by atoms with Gasteiger partial charge in [0.05, 0.1) is 14.2 Å². The molecule has 2 rings (SSSR count). The molecule has 0 saturated heterocycles. The lowest BCUT2D eigenvalue weighted by Gasteiger charge is -2.21. The lowest BCUT2D eigenvalue weighted by molar-refractivity contribution is -0.130. The molecule has 2 aromatic rings. The molecule has 0 aliphatic rings. The van der Waals surface area contributed by atoms with Gasteiger partial charge in [-0.1, -0.05) is 6.07 Å². The van der Waals surface area contributed by atoms with Crippen molar-refractivity contribution in [2.75, 3.05) is 21.3 Å². The van der Waals surface area contributed by atoms with E-state index in [1.54, 1.807) is 56.8 Å². The molecular weight excluding hydrogens is 316 g/mol.